The fourth-order valence-corrected chi connectivity index (χ4v) is 3.11. The number of piperazine rings is 1. The van der Waals surface area contributed by atoms with Gasteiger partial charge in [0.1, 0.15) is 5.75 Å². The largest absolute Gasteiger partial charge is 0.495 e. The van der Waals surface area contributed by atoms with Gasteiger partial charge in [-0.15, -0.1) is 24.8 Å². The second-order valence-electron chi connectivity index (χ2n) is 5.95. The van der Waals surface area contributed by atoms with E-state index in [-0.39, 0.29) is 36.9 Å². The Hall–Kier alpha value is -1.93. The van der Waals surface area contributed by atoms with Gasteiger partial charge in [0.25, 0.3) is 0 Å². The molecule has 0 radical (unpaired) electrons. The molecule has 2 amide bonds. The Morgan fingerprint density at radius 1 is 1.36 bits per heavy atom. The van der Waals surface area contributed by atoms with Crippen molar-refractivity contribution in [1.82, 2.24) is 15.2 Å². The number of pyridine rings is 1. The topological polar surface area (TPSA) is 78.5 Å². The minimum absolute atomic E-state index is 0. The number of nitrogens with one attached hydrogen (secondary N) is 3. The quantitative estimate of drug-likeness (QED) is 0.652. The van der Waals surface area contributed by atoms with Crippen LogP contribution in [0.15, 0.2) is 42.7 Å². The summed E-state index contributed by atoms with van der Waals surface area (Å²) in [5, 5.41) is 10.0. The van der Waals surface area contributed by atoms with Gasteiger partial charge in [0.05, 0.1) is 23.9 Å². The molecule has 154 valence electrons. The predicted molar refractivity (Wildman–Crippen MR) is 118 cm³/mol. The van der Waals surface area contributed by atoms with E-state index in [0.717, 1.165) is 18.8 Å². The van der Waals surface area contributed by atoms with Crippen LogP contribution in [-0.4, -0.2) is 55.2 Å². The zero-order valence-corrected chi connectivity index (χ0v) is 17.7. The first-order chi connectivity index (χ1) is 12.7. The summed E-state index contributed by atoms with van der Waals surface area (Å²) in [5.74, 6) is 0.574. The Balaban J connectivity index is 0.00000196. The van der Waals surface area contributed by atoms with E-state index in [1.807, 2.05) is 17.0 Å². The monoisotopic (exact) mass is 447 g/mol. The average molecular weight is 449 g/mol. The molecule has 2 heterocycles. The first kappa shape index (κ1) is 24.1. The summed E-state index contributed by atoms with van der Waals surface area (Å²) in [6.07, 6.45) is 3.49. The Morgan fingerprint density at radius 2 is 2.18 bits per heavy atom. The molecule has 28 heavy (non-hydrogen) atoms. The standard InChI is InChI=1S/C18H22ClN5O2.2ClH/c1-26-17-5-4-13(9-16(17)19)23-18(25)24-8-7-21-11-15(24)12-22-14-3-2-6-20-10-14;;/h2-6,9-10,15,21-22H,7-8,11-12H2,1H3,(H,23,25);2*1H. The van der Waals surface area contributed by atoms with Gasteiger partial charge in [0.15, 0.2) is 0 Å². The molecule has 2 aromatic rings. The van der Waals surface area contributed by atoms with Crippen LogP contribution in [0.25, 0.3) is 0 Å². The molecule has 0 saturated carbocycles. The van der Waals surface area contributed by atoms with Crippen LogP contribution >= 0.6 is 36.4 Å². The van der Waals surface area contributed by atoms with Crippen molar-refractivity contribution in [3.63, 3.8) is 0 Å². The van der Waals surface area contributed by atoms with Gasteiger partial charge in [0, 0.05) is 44.3 Å². The van der Waals surface area contributed by atoms with Crippen LogP contribution in [-0.2, 0) is 0 Å². The third-order valence-electron chi connectivity index (χ3n) is 4.22. The number of nitrogens with zero attached hydrogens (tertiary/aromatic N) is 2. The first-order valence-electron chi connectivity index (χ1n) is 8.43. The summed E-state index contributed by atoms with van der Waals surface area (Å²) in [6, 6.07) is 8.89. The van der Waals surface area contributed by atoms with E-state index in [1.54, 1.807) is 37.7 Å². The van der Waals surface area contributed by atoms with Crippen molar-refractivity contribution in [3.05, 3.63) is 47.7 Å². The second kappa shape index (κ2) is 11.8. The van der Waals surface area contributed by atoms with Crippen LogP contribution in [0.2, 0.25) is 5.02 Å². The van der Waals surface area contributed by atoms with Crippen LogP contribution in [0.1, 0.15) is 0 Å². The number of urea groups is 1. The zero-order chi connectivity index (χ0) is 18.4. The fraction of sp³-hybridized carbons (Fsp3) is 0.333. The number of hydrogen-bond acceptors (Lipinski definition) is 5. The lowest BCUT2D eigenvalue weighted by Crippen LogP contribution is -2.57. The zero-order valence-electron chi connectivity index (χ0n) is 15.4. The number of methoxy groups -OCH3 is 1. The van der Waals surface area contributed by atoms with Crippen LogP contribution in [0, 0.1) is 0 Å². The van der Waals surface area contributed by atoms with Gasteiger partial charge < -0.3 is 25.6 Å². The molecule has 0 spiro atoms. The van der Waals surface area contributed by atoms with E-state index in [0.29, 0.717) is 29.5 Å². The van der Waals surface area contributed by atoms with Crippen molar-refractivity contribution in [2.24, 2.45) is 0 Å². The number of benzene rings is 1. The Morgan fingerprint density at radius 3 is 2.86 bits per heavy atom. The molecule has 1 aliphatic heterocycles. The average Bonchev–Trinajstić information content (AvgIpc) is 2.67. The molecular weight excluding hydrogens is 425 g/mol. The normalized spacial score (nSPS) is 15.6. The molecular formula is C18H24Cl3N5O2. The van der Waals surface area contributed by atoms with E-state index in [1.165, 1.54) is 0 Å². The maximum absolute atomic E-state index is 12.7. The number of ether oxygens (including phenoxy) is 1. The highest BCUT2D eigenvalue weighted by Gasteiger charge is 2.26. The molecule has 1 aromatic heterocycles. The summed E-state index contributed by atoms with van der Waals surface area (Å²) in [5.41, 5.74) is 1.57. The lowest BCUT2D eigenvalue weighted by atomic mass is 10.2. The highest BCUT2D eigenvalue weighted by Crippen LogP contribution is 2.27. The molecule has 3 rings (SSSR count). The first-order valence-corrected chi connectivity index (χ1v) is 8.81. The van der Waals surface area contributed by atoms with Crippen molar-refractivity contribution < 1.29 is 9.53 Å². The molecule has 1 saturated heterocycles. The van der Waals surface area contributed by atoms with E-state index < -0.39 is 0 Å². The number of hydrogen-bond donors (Lipinski definition) is 3. The van der Waals surface area contributed by atoms with Crippen molar-refractivity contribution in [2.45, 2.75) is 6.04 Å². The van der Waals surface area contributed by atoms with Crippen molar-refractivity contribution in [1.29, 1.82) is 0 Å². The number of halogens is 3. The fourth-order valence-electron chi connectivity index (χ4n) is 2.85. The van der Waals surface area contributed by atoms with Crippen molar-refractivity contribution in [3.8, 4) is 5.75 Å². The maximum Gasteiger partial charge on any atom is 0.322 e. The van der Waals surface area contributed by atoms with Gasteiger partial charge in [-0.2, -0.15) is 0 Å². The van der Waals surface area contributed by atoms with Crippen molar-refractivity contribution in [2.75, 3.05) is 43.9 Å². The molecule has 1 atom stereocenters. The summed E-state index contributed by atoms with van der Waals surface area (Å²) < 4.78 is 5.14. The van der Waals surface area contributed by atoms with E-state index in [9.17, 15) is 4.79 Å². The summed E-state index contributed by atoms with van der Waals surface area (Å²) >= 11 is 6.13. The third kappa shape index (κ3) is 6.31. The van der Waals surface area contributed by atoms with E-state index in [2.05, 4.69) is 20.9 Å². The van der Waals surface area contributed by atoms with Gasteiger partial charge in [-0.05, 0) is 30.3 Å². The van der Waals surface area contributed by atoms with Crippen molar-refractivity contribution >= 4 is 53.8 Å². The summed E-state index contributed by atoms with van der Waals surface area (Å²) in [4.78, 5) is 18.6. The summed E-state index contributed by atoms with van der Waals surface area (Å²) in [7, 11) is 1.56. The lowest BCUT2D eigenvalue weighted by Gasteiger charge is -2.36. The minimum atomic E-state index is -0.147. The Labute approximate surface area is 182 Å². The van der Waals surface area contributed by atoms with Gasteiger partial charge >= 0.3 is 6.03 Å². The van der Waals surface area contributed by atoms with Gasteiger partial charge in [-0.25, -0.2) is 4.79 Å². The number of rotatable bonds is 5. The number of carbonyl (C=O) groups excluding carboxylic acids is 1. The molecule has 3 N–H and O–H groups in total. The van der Waals surface area contributed by atoms with Crippen LogP contribution in [0.5, 0.6) is 5.75 Å². The van der Waals surface area contributed by atoms with Gasteiger partial charge in [0.2, 0.25) is 0 Å². The molecule has 0 aliphatic carbocycles. The number of aromatic nitrogens is 1. The smallest absolute Gasteiger partial charge is 0.322 e. The number of anilines is 2. The van der Waals surface area contributed by atoms with Crippen LogP contribution in [0.4, 0.5) is 16.2 Å². The molecule has 1 unspecified atom stereocenters. The predicted octanol–water partition coefficient (Wildman–Crippen LogP) is 3.51. The Bertz CT molecular complexity index is 751. The SMILES string of the molecule is COc1ccc(NC(=O)N2CCNCC2CNc2cccnc2)cc1Cl.Cl.Cl. The second-order valence-corrected chi connectivity index (χ2v) is 6.36. The van der Waals surface area contributed by atoms with Crippen LogP contribution in [0.3, 0.4) is 0 Å². The van der Waals surface area contributed by atoms with Gasteiger partial charge in [-0.1, -0.05) is 11.6 Å². The number of carbonyl (C=O) groups is 1. The Kier molecular flexibility index (Phi) is 10.2. The third-order valence-corrected chi connectivity index (χ3v) is 4.51. The molecule has 1 aromatic carbocycles. The molecule has 7 nitrogen and oxygen atoms in total. The maximum atomic E-state index is 12.7. The molecule has 1 fully saturated rings. The lowest BCUT2D eigenvalue weighted by molar-refractivity contribution is 0.175. The number of amides is 2. The molecule has 10 heteroatoms. The highest BCUT2D eigenvalue weighted by molar-refractivity contribution is 6.32. The highest BCUT2D eigenvalue weighted by atomic mass is 35.5. The van der Waals surface area contributed by atoms with E-state index >= 15 is 0 Å². The molecule has 0 bridgehead atoms. The van der Waals surface area contributed by atoms with E-state index in [4.69, 9.17) is 16.3 Å². The van der Waals surface area contributed by atoms with Gasteiger partial charge in [-0.3, -0.25) is 4.98 Å². The molecule has 1 aliphatic rings. The minimum Gasteiger partial charge on any atom is -0.495 e. The van der Waals surface area contributed by atoms with Crippen LogP contribution < -0.4 is 20.7 Å². The summed E-state index contributed by atoms with van der Waals surface area (Å²) in [6.45, 7) is 2.76.